The van der Waals surface area contributed by atoms with Gasteiger partial charge < -0.3 is 15.2 Å². The normalized spacial score (nSPS) is 16.6. The maximum atomic E-state index is 5.54. The van der Waals surface area contributed by atoms with Crippen LogP contribution in [-0.2, 0) is 4.74 Å². The van der Waals surface area contributed by atoms with Crippen LogP contribution < -0.4 is 10.5 Å². The first-order valence-corrected chi connectivity index (χ1v) is 4.40. The third-order valence-corrected chi connectivity index (χ3v) is 2.07. The fourth-order valence-corrected chi connectivity index (χ4v) is 1.16. The third kappa shape index (κ3) is 2.12. The molecule has 0 aliphatic carbocycles. The average Bonchev–Trinajstić information content (AvgIpc) is 2.05. The van der Waals surface area contributed by atoms with Gasteiger partial charge in [-0.25, -0.2) is 0 Å². The van der Waals surface area contributed by atoms with E-state index in [0.29, 0.717) is 5.92 Å². The molecule has 0 saturated carbocycles. The summed E-state index contributed by atoms with van der Waals surface area (Å²) in [5.74, 6) is 1.44. The van der Waals surface area contributed by atoms with Crippen molar-refractivity contribution in [2.24, 2.45) is 5.92 Å². The predicted molar refractivity (Wildman–Crippen MR) is 50.7 cm³/mol. The van der Waals surface area contributed by atoms with E-state index in [-0.39, 0.29) is 0 Å². The molecular formula is C10H13NO2. The van der Waals surface area contributed by atoms with Crippen LogP contribution in [0.3, 0.4) is 0 Å². The van der Waals surface area contributed by atoms with E-state index in [4.69, 9.17) is 15.2 Å². The Bertz CT molecular complexity index is 267. The monoisotopic (exact) mass is 179 g/mol. The lowest BCUT2D eigenvalue weighted by Gasteiger charge is -2.25. The van der Waals surface area contributed by atoms with Crippen molar-refractivity contribution in [3.63, 3.8) is 0 Å². The molecule has 3 nitrogen and oxygen atoms in total. The van der Waals surface area contributed by atoms with Gasteiger partial charge in [0.05, 0.1) is 19.8 Å². The number of ether oxygens (including phenoxy) is 2. The summed E-state index contributed by atoms with van der Waals surface area (Å²) in [5.41, 5.74) is 6.31. The van der Waals surface area contributed by atoms with Gasteiger partial charge in [-0.1, -0.05) is 0 Å². The molecular weight excluding hydrogens is 166 g/mol. The summed E-state index contributed by atoms with van der Waals surface area (Å²) >= 11 is 0. The second kappa shape index (κ2) is 3.66. The van der Waals surface area contributed by atoms with E-state index in [9.17, 15) is 0 Å². The highest BCUT2D eigenvalue weighted by atomic mass is 16.5. The van der Waals surface area contributed by atoms with E-state index >= 15 is 0 Å². The fourth-order valence-electron chi connectivity index (χ4n) is 1.16. The van der Waals surface area contributed by atoms with E-state index in [2.05, 4.69) is 0 Å². The van der Waals surface area contributed by atoms with Crippen molar-refractivity contribution in [1.82, 2.24) is 0 Å². The Morgan fingerprint density at radius 2 is 2.00 bits per heavy atom. The maximum Gasteiger partial charge on any atom is 0.119 e. The number of anilines is 1. The van der Waals surface area contributed by atoms with E-state index in [1.54, 1.807) is 0 Å². The van der Waals surface area contributed by atoms with Crippen LogP contribution in [-0.4, -0.2) is 19.8 Å². The number of nitrogens with two attached hydrogens (primary N) is 1. The molecule has 0 unspecified atom stereocenters. The largest absolute Gasteiger partial charge is 0.493 e. The Hall–Kier alpha value is -1.22. The van der Waals surface area contributed by atoms with E-state index in [1.807, 2.05) is 24.3 Å². The Labute approximate surface area is 77.5 Å². The fraction of sp³-hybridized carbons (Fsp3) is 0.400. The highest BCUT2D eigenvalue weighted by molar-refractivity contribution is 5.41. The molecule has 0 bridgehead atoms. The van der Waals surface area contributed by atoms with Crippen molar-refractivity contribution in [1.29, 1.82) is 0 Å². The van der Waals surface area contributed by atoms with E-state index in [1.165, 1.54) is 0 Å². The minimum Gasteiger partial charge on any atom is -0.493 e. The quantitative estimate of drug-likeness (QED) is 0.711. The molecule has 0 radical (unpaired) electrons. The summed E-state index contributed by atoms with van der Waals surface area (Å²) in [5, 5.41) is 0. The van der Waals surface area contributed by atoms with Crippen LogP contribution in [0.25, 0.3) is 0 Å². The highest BCUT2D eigenvalue weighted by Crippen LogP contribution is 2.16. The van der Waals surface area contributed by atoms with Crippen molar-refractivity contribution in [2.75, 3.05) is 25.6 Å². The van der Waals surface area contributed by atoms with Crippen molar-refractivity contribution >= 4 is 5.69 Å². The molecule has 0 spiro atoms. The SMILES string of the molecule is Nc1ccc(OCC2COC2)cc1. The molecule has 1 aromatic rings. The van der Waals surface area contributed by atoms with Crippen LogP contribution in [0.1, 0.15) is 0 Å². The zero-order chi connectivity index (χ0) is 9.10. The first-order chi connectivity index (χ1) is 6.34. The Balaban J connectivity index is 1.83. The molecule has 3 heteroatoms. The molecule has 1 aromatic carbocycles. The molecule has 0 atom stereocenters. The van der Waals surface area contributed by atoms with Crippen LogP contribution in [0.15, 0.2) is 24.3 Å². The van der Waals surface area contributed by atoms with Gasteiger partial charge in [0.1, 0.15) is 5.75 Å². The van der Waals surface area contributed by atoms with Crippen LogP contribution >= 0.6 is 0 Å². The Morgan fingerprint density at radius 3 is 2.54 bits per heavy atom. The second-order valence-electron chi connectivity index (χ2n) is 3.28. The second-order valence-corrected chi connectivity index (χ2v) is 3.28. The van der Waals surface area contributed by atoms with Crippen LogP contribution in [0.5, 0.6) is 5.75 Å². The topological polar surface area (TPSA) is 44.5 Å². The lowest BCUT2D eigenvalue weighted by Crippen LogP contribution is -2.32. The van der Waals surface area contributed by atoms with Crippen molar-refractivity contribution in [3.05, 3.63) is 24.3 Å². The molecule has 0 amide bonds. The zero-order valence-corrected chi connectivity index (χ0v) is 7.40. The summed E-state index contributed by atoms with van der Waals surface area (Å²) in [6.07, 6.45) is 0. The molecule has 2 rings (SSSR count). The Kier molecular flexibility index (Phi) is 2.36. The molecule has 1 aliphatic heterocycles. The molecule has 1 saturated heterocycles. The van der Waals surface area contributed by atoms with Crippen LogP contribution in [0.4, 0.5) is 5.69 Å². The maximum absolute atomic E-state index is 5.54. The van der Waals surface area contributed by atoms with Gasteiger partial charge in [0.25, 0.3) is 0 Å². The summed E-state index contributed by atoms with van der Waals surface area (Å²) in [4.78, 5) is 0. The van der Waals surface area contributed by atoms with Gasteiger partial charge in [-0.2, -0.15) is 0 Å². The van der Waals surface area contributed by atoms with Crippen LogP contribution in [0.2, 0.25) is 0 Å². The lowest BCUT2D eigenvalue weighted by atomic mass is 10.1. The summed E-state index contributed by atoms with van der Waals surface area (Å²) in [6, 6.07) is 7.45. The minimum atomic E-state index is 0.567. The predicted octanol–water partition coefficient (Wildman–Crippen LogP) is 1.29. The molecule has 2 N–H and O–H groups in total. The van der Waals surface area contributed by atoms with Gasteiger partial charge in [0.15, 0.2) is 0 Å². The smallest absolute Gasteiger partial charge is 0.119 e. The number of rotatable bonds is 3. The third-order valence-electron chi connectivity index (χ3n) is 2.07. The van der Waals surface area contributed by atoms with Gasteiger partial charge in [-0.3, -0.25) is 0 Å². The van der Waals surface area contributed by atoms with Gasteiger partial charge in [-0.05, 0) is 24.3 Å². The standard InChI is InChI=1S/C10H13NO2/c11-9-1-3-10(4-2-9)13-7-8-5-12-6-8/h1-4,8H,5-7,11H2. The summed E-state index contributed by atoms with van der Waals surface area (Å²) < 4.78 is 10.6. The lowest BCUT2D eigenvalue weighted by molar-refractivity contribution is -0.0508. The highest BCUT2D eigenvalue weighted by Gasteiger charge is 2.18. The van der Waals surface area contributed by atoms with Crippen LogP contribution in [0, 0.1) is 5.92 Å². The molecule has 0 aromatic heterocycles. The molecule has 1 fully saturated rings. The summed E-state index contributed by atoms with van der Waals surface area (Å²) in [7, 11) is 0. The van der Waals surface area contributed by atoms with Crippen molar-refractivity contribution in [2.45, 2.75) is 0 Å². The minimum absolute atomic E-state index is 0.567. The van der Waals surface area contributed by atoms with Gasteiger partial charge >= 0.3 is 0 Å². The van der Waals surface area contributed by atoms with Crippen molar-refractivity contribution < 1.29 is 9.47 Å². The first-order valence-electron chi connectivity index (χ1n) is 4.40. The van der Waals surface area contributed by atoms with E-state index < -0.39 is 0 Å². The number of hydrogen-bond acceptors (Lipinski definition) is 3. The van der Waals surface area contributed by atoms with E-state index in [0.717, 1.165) is 31.3 Å². The van der Waals surface area contributed by atoms with Gasteiger partial charge in [0.2, 0.25) is 0 Å². The van der Waals surface area contributed by atoms with Gasteiger partial charge in [0, 0.05) is 11.6 Å². The van der Waals surface area contributed by atoms with Crippen molar-refractivity contribution in [3.8, 4) is 5.75 Å². The first kappa shape index (κ1) is 8.38. The molecule has 1 aliphatic rings. The number of hydrogen-bond donors (Lipinski definition) is 1. The molecule has 13 heavy (non-hydrogen) atoms. The summed E-state index contributed by atoms with van der Waals surface area (Å²) in [6.45, 7) is 2.40. The molecule has 70 valence electrons. The molecule has 1 heterocycles. The Morgan fingerprint density at radius 1 is 1.31 bits per heavy atom. The average molecular weight is 179 g/mol. The zero-order valence-electron chi connectivity index (χ0n) is 7.40. The van der Waals surface area contributed by atoms with Gasteiger partial charge in [-0.15, -0.1) is 0 Å². The number of nitrogen functional groups attached to an aromatic ring is 1. The number of benzene rings is 1.